The summed E-state index contributed by atoms with van der Waals surface area (Å²) in [6, 6.07) is 8.04. The molecule has 0 radical (unpaired) electrons. The van der Waals surface area contributed by atoms with Crippen LogP contribution in [0.25, 0.3) is 0 Å². The molecule has 0 amide bonds. The van der Waals surface area contributed by atoms with E-state index in [0.717, 1.165) is 24.8 Å². The van der Waals surface area contributed by atoms with Crippen LogP contribution in [0.1, 0.15) is 11.3 Å². The lowest BCUT2D eigenvalue weighted by Gasteiger charge is -2.12. The molecule has 0 aliphatic heterocycles. The maximum absolute atomic E-state index is 4.37. The van der Waals surface area contributed by atoms with E-state index in [1.54, 1.807) is 0 Å². The van der Waals surface area contributed by atoms with Gasteiger partial charge in [0, 0.05) is 19.6 Å². The number of hydrogen-bond acceptors (Lipinski definition) is 2. The first-order valence-corrected chi connectivity index (χ1v) is 7.74. The fraction of sp³-hybridized carbons (Fsp3) is 0.154. The minimum absolute atomic E-state index is 0.700. The summed E-state index contributed by atoms with van der Waals surface area (Å²) >= 11 is 10.5. The Hall–Kier alpha value is -0.390. The van der Waals surface area contributed by atoms with E-state index in [4.69, 9.17) is 0 Å². The van der Waals surface area contributed by atoms with E-state index >= 15 is 0 Å². The molecule has 2 aromatic rings. The van der Waals surface area contributed by atoms with Crippen LogP contribution in [-0.4, -0.2) is 4.98 Å². The molecule has 0 atom stereocenters. The molecule has 0 saturated heterocycles. The van der Waals surface area contributed by atoms with Gasteiger partial charge in [-0.15, -0.1) is 0 Å². The molecule has 2 nitrogen and oxygen atoms in total. The summed E-state index contributed by atoms with van der Waals surface area (Å²) in [7, 11) is 0. The Morgan fingerprint density at radius 1 is 1.17 bits per heavy atom. The second-order valence-corrected chi connectivity index (χ2v) is 6.49. The van der Waals surface area contributed by atoms with Crippen molar-refractivity contribution in [1.29, 1.82) is 0 Å². The molecule has 94 valence electrons. The van der Waals surface area contributed by atoms with E-state index < -0.39 is 0 Å². The van der Waals surface area contributed by atoms with Gasteiger partial charge in [-0.05, 0) is 62.5 Å². The topological polar surface area (TPSA) is 24.9 Å². The van der Waals surface area contributed by atoms with Gasteiger partial charge in [-0.2, -0.15) is 0 Å². The molecule has 0 saturated carbocycles. The average Bonchev–Trinajstić information content (AvgIpc) is 2.30. The number of nitrogens with one attached hydrogen (secondary N) is 1. The number of hydrogen-bond donors (Lipinski definition) is 1. The molecule has 18 heavy (non-hydrogen) atoms. The lowest BCUT2D eigenvalue weighted by molar-refractivity contribution is 1.02. The first-order valence-electron chi connectivity index (χ1n) is 5.37. The van der Waals surface area contributed by atoms with Crippen molar-refractivity contribution in [1.82, 2.24) is 4.98 Å². The molecule has 0 fully saturated rings. The van der Waals surface area contributed by atoms with Crippen LogP contribution in [0.4, 0.5) is 5.69 Å². The van der Waals surface area contributed by atoms with Crippen molar-refractivity contribution < 1.29 is 0 Å². The normalized spacial score (nSPS) is 10.4. The van der Waals surface area contributed by atoms with Crippen molar-refractivity contribution in [3.63, 3.8) is 0 Å². The van der Waals surface area contributed by atoms with Gasteiger partial charge in [-0.3, -0.25) is 4.98 Å². The zero-order chi connectivity index (χ0) is 13.1. The summed E-state index contributed by atoms with van der Waals surface area (Å²) in [5.41, 5.74) is 3.27. The Balaban J connectivity index is 2.19. The second-order valence-electron chi connectivity index (χ2n) is 3.86. The van der Waals surface area contributed by atoms with Gasteiger partial charge in [0.15, 0.2) is 0 Å². The predicted molar refractivity (Wildman–Crippen MR) is 85.8 cm³/mol. The van der Waals surface area contributed by atoms with Gasteiger partial charge in [0.25, 0.3) is 0 Å². The van der Waals surface area contributed by atoms with Crippen LogP contribution in [0.15, 0.2) is 43.9 Å². The molecular formula is C13H11Br3N2. The predicted octanol–water partition coefficient (Wildman–Crippen LogP) is 5.29. The standard InChI is InChI=1S/C13H11Br3N2/c1-8-3-2-4-17-12(8)7-18-13-10(15)5-9(14)6-11(13)16/h2-6,18H,7H2,1H3. The van der Waals surface area contributed by atoms with E-state index in [0.29, 0.717) is 6.54 Å². The Bertz CT molecular complexity index is 547. The lowest BCUT2D eigenvalue weighted by Crippen LogP contribution is -2.04. The molecule has 0 spiro atoms. The Kier molecular flexibility index (Phi) is 4.81. The Labute approximate surface area is 132 Å². The number of aromatic nitrogens is 1. The molecule has 0 unspecified atom stereocenters. The SMILES string of the molecule is Cc1cccnc1CNc1c(Br)cc(Br)cc1Br. The Morgan fingerprint density at radius 3 is 2.44 bits per heavy atom. The molecule has 1 heterocycles. The van der Waals surface area contributed by atoms with Crippen molar-refractivity contribution in [2.45, 2.75) is 13.5 Å². The van der Waals surface area contributed by atoms with Crippen molar-refractivity contribution in [2.75, 3.05) is 5.32 Å². The van der Waals surface area contributed by atoms with Gasteiger partial charge in [-0.25, -0.2) is 0 Å². The highest BCUT2D eigenvalue weighted by Crippen LogP contribution is 2.34. The minimum atomic E-state index is 0.700. The third-order valence-corrected chi connectivity index (χ3v) is 4.27. The van der Waals surface area contributed by atoms with Crippen LogP contribution in [0.2, 0.25) is 0 Å². The number of halogens is 3. The van der Waals surface area contributed by atoms with Crippen molar-refractivity contribution in [3.8, 4) is 0 Å². The molecule has 0 aliphatic carbocycles. The first-order chi connectivity index (χ1) is 8.58. The van der Waals surface area contributed by atoms with Crippen LogP contribution in [0.5, 0.6) is 0 Å². The monoisotopic (exact) mass is 432 g/mol. The number of nitrogens with zero attached hydrogens (tertiary/aromatic N) is 1. The van der Waals surface area contributed by atoms with Gasteiger partial charge >= 0.3 is 0 Å². The summed E-state index contributed by atoms with van der Waals surface area (Å²) in [5.74, 6) is 0. The quantitative estimate of drug-likeness (QED) is 0.710. The number of pyridine rings is 1. The third kappa shape index (κ3) is 3.33. The largest absolute Gasteiger partial charge is 0.378 e. The Morgan fingerprint density at radius 2 is 1.83 bits per heavy atom. The molecule has 1 N–H and O–H groups in total. The summed E-state index contributed by atoms with van der Waals surface area (Å²) in [6.07, 6.45) is 1.82. The molecule has 1 aromatic carbocycles. The highest BCUT2D eigenvalue weighted by molar-refractivity contribution is 9.11. The van der Waals surface area contributed by atoms with E-state index in [9.17, 15) is 0 Å². The summed E-state index contributed by atoms with van der Waals surface area (Å²) < 4.78 is 3.05. The maximum atomic E-state index is 4.37. The van der Waals surface area contributed by atoms with Crippen molar-refractivity contribution >= 4 is 53.5 Å². The van der Waals surface area contributed by atoms with Gasteiger partial charge in [0.2, 0.25) is 0 Å². The highest BCUT2D eigenvalue weighted by Gasteiger charge is 2.07. The zero-order valence-electron chi connectivity index (χ0n) is 9.67. The van der Waals surface area contributed by atoms with Gasteiger partial charge in [0.05, 0.1) is 17.9 Å². The first kappa shape index (κ1) is 14.0. The maximum Gasteiger partial charge on any atom is 0.0633 e. The van der Waals surface area contributed by atoms with Crippen LogP contribution in [0, 0.1) is 6.92 Å². The summed E-state index contributed by atoms with van der Waals surface area (Å²) in [6.45, 7) is 2.77. The van der Waals surface area contributed by atoms with Gasteiger partial charge in [0.1, 0.15) is 0 Å². The van der Waals surface area contributed by atoms with Crippen LogP contribution >= 0.6 is 47.8 Å². The second kappa shape index (κ2) is 6.17. The average molecular weight is 435 g/mol. The fourth-order valence-electron chi connectivity index (χ4n) is 1.59. The number of rotatable bonds is 3. The highest BCUT2D eigenvalue weighted by atomic mass is 79.9. The zero-order valence-corrected chi connectivity index (χ0v) is 14.4. The van der Waals surface area contributed by atoms with Crippen LogP contribution in [0.3, 0.4) is 0 Å². The van der Waals surface area contributed by atoms with Crippen LogP contribution in [-0.2, 0) is 6.54 Å². The van der Waals surface area contributed by atoms with Crippen molar-refractivity contribution in [3.05, 3.63) is 55.1 Å². The molecule has 0 aliphatic rings. The van der Waals surface area contributed by atoms with Crippen LogP contribution < -0.4 is 5.32 Å². The number of anilines is 1. The van der Waals surface area contributed by atoms with E-state index in [1.165, 1.54) is 5.56 Å². The summed E-state index contributed by atoms with van der Waals surface area (Å²) in [4.78, 5) is 4.37. The number of aryl methyl sites for hydroxylation is 1. The molecule has 0 bridgehead atoms. The lowest BCUT2D eigenvalue weighted by atomic mass is 10.2. The van der Waals surface area contributed by atoms with Gasteiger partial charge in [-0.1, -0.05) is 22.0 Å². The minimum Gasteiger partial charge on any atom is -0.378 e. The van der Waals surface area contributed by atoms with Crippen molar-refractivity contribution in [2.24, 2.45) is 0 Å². The van der Waals surface area contributed by atoms with E-state index in [-0.39, 0.29) is 0 Å². The fourth-order valence-corrected chi connectivity index (χ4v) is 4.13. The third-order valence-electron chi connectivity index (χ3n) is 2.56. The van der Waals surface area contributed by atoms with E-state index in [2.05, 4.69) is 71.1 Å². The number of benzene rings is 1. The molecule has 1 aromatic heterocycles. The summed E-state index contributed by atoms with van der Waals surface area (Å²) in [5, 5.41) is 3.39. The molecule has 2 rings (SSSR count). The molecular weight excluding hydrogens is 424 g/mol. The molecule has 5 heteroatoms. The smallest absolute Gasteiger partial charge is 0.0633 e. The van der Waals surface area contributed by atoms with Gasteiger partial charge < -0.3 is 5.32 Å². The van der Waals surface area contributed by atoms with E-state index in [1.807, 2.05) is 24.4 Å².